The molecule has 0 spiro atoms. The van der Waals surface area contributed by atoms with E-state index in [1.54, 1.807) is 0 Å². The zero-order valence-electron chi connectivity index (χ0n) is 9.73. The van der Waals surface area contributed by atoms with Crippen LogP contribution in [0.4, 0.5) is 0 Å². The molecule has 2 N–H and O–H groups in total. The molecule has 1 fully saturated rings. The maximum absolute atomic E-state index is 10.5. The summed E-state index contributed by atoms with van der Waals surface area (Å²) < 4.78 is 5.45. The van der Waals surface area contributed by atoms with E-state index in [0.717, 1.165) is 35.9 Å². The first-order chi connectivity index (χ1) is 8.36. The first-order valence-corrected chi connectivity index (χ1v) is 6.18. The van der Waals surface area contributed by atoms with Crippen LogP contribution in [0.1, 0.15) is 24.5 Å². The van der Waals surface area contributed by atoms with Gasteiger partial charge < -0.3 is 14.8 Å². The van der Waals surface area contributed by atoms with Crippen LogP contribution in [0.2, 0.25) is 0 Å². The van der Waals surface area contributed by atoms with Crippen LogP contribution in [0, 0.1) is 5.92 Å². The van der Waals surface area contributed by atoms with Crippen molar-refractivity contribution in [2.24, 2.45) is 5.92 Å². The van der Waals surface area contributed by atoms with Gasteiger partial charge in [-0.25, -0.2) is 0 Å². The minimum atomic E-state index is -0.421. The number of ether oxygens (including phenoxy) is 1. The van der Waals surface area contributed by atoms with Crippen molar-refractivity contribution in [2.75, 3.05) is 13.2 Å². The number of H-pyrrole nitrogens is 1. The van der Waals surface area contributed by atoms with Crippen molar-refractivity contribution in [3.63, 3.8) is 0 Å². The van der Waals surface area contributed by atoms with Gasteiger partial charge >= 0.3 is 0 Å². The van der Waals surface area contributed by atoms with E-state index in [9.17, 15) is 5.11 Å². The summed E-state index contributed by atoms with van der Waals surface area (Å²) in [5.41, 5.74) is 2.09. The molecule has 90 valence electrons. The van der Waals surface area contributed by atoms with Crippen LogP contribution in [0.3, 0.4) is 0 Å². The Morgan fingerprint density at radius 2 is 2.29 bits per heavy atom. The summed E-state index contributed by atoms with van der Waals surface area (Å²) in [6.45, 7) is 1.50. The summed E-state index contributed by atoms with van der Waals surface area (Å²) in [4.78, 5) is 3.18. The molecule has 0 saturated carbocycles. The van der Waals surface area contributed by atoms with Gasteiger partial charge in [-0.1, -0.05) is 12.1 Å². The van der Waals surface area contributed by atoms with Crippen LogP contribution in [0.25, 0.3) is 10.9 Å². The zero-order chi connectivity index (χ0) is 11.7. The van der Waals surface area contributed by atoms with E-state index in [2.05, 4.69) is 4.98 Å². The molecule has 17 heavy (non-hydrogen) atoms. The van der Waals surface area contributed by atoms with Gasteiger partial charge in [0.25, 0.3) is 0 Å². The lowest BCUT2D eigenvalue weighted by Gasteiger charge is -2.27. The van der Waals surface area contributed by atoms with Crippen LogP contribution < -0.4 is 0 Å². The SMILES string of the molecule is OC(c1cccc2[nH]ccc12)C1CCCOC1. The lowest BCUT2D eigenvalue weighted by atomic mass is 9.89. The van der Waals surface area contributed by atoms with Gasteiger partial charge in [0.2, 0.25) is 0 Å². The average Bonchev–Trinajstić information content (AvgIpc) is 2.87. The topological polar surface area (TPSA) is 45.2 Å². The molecule has 0 amide bonds. The van der Waals surface area contributed by atoms with Gasteiger partial charge in [-0.05, 0) is 30.5 Å². The summed E-state index contributed by atoms with van der Waals surface area (Å²) in [6, 6.07) is 8.05. The second-order valence-electron chi connectivity index (χ2n) is 4.71. The highest BCUT2D eigenvalue weighted by molar-refractivity contribution is 5.83. The van der Waals surface area contributed by atoms with Crippen LogP contribution in [-0.2, 0) is 4.74 Å². The number of fused-ring (bicyclic) bond motifs is 1. The fraction of sp³-hybridized carbons (Fsp3) is 0.429. The molecule has 1 saturated heterocycles. The molecule has 0 bridgehead atoms. The Bertz CT molecular complexity index is 500. The number of aromatic nitrogens is 1. The van der Waals surface area contributed by atoms with Crippen molar-refractivity contribution in [1.82, 2.24) is 4.98 Å². The molecule has 3 heteroatoms. The molecular formula is C14H17NO2. The number of benzene rings is 1. The van der Waals surface area contributed by atoms with Crippen molar-refractivity contribution in [1.29, 1.82) is 0 Å². The largest absolute Gasteiger partial charge is 0.388 e. The molecular weight excluding hydrogens is 214 g/mol. The van der Waals surface area contributed by atoms with E-state index >= 15 is 0 Å². The molecule has 1 aromatic carbocycles. The fourth-order valence-electron chi connectivity index (χ4n) is 2.64. The van der Waals surface area contributed by atoms with Gasteiger partial charge in [0, 0.05) is 29.6 Å². The number of aliphatic hydroxyl groups is 1. The second-order valence-corrected chi connectivity index (χ2v) is 4.71. The normalized spacial score (nSPS) is 22.8. The number of rotatable bonds is 2. The monoisotopic (exact) mass is 231 g/mol. The molecule has 2 unspecified atom stereocenters. The number of aliphatic hydroxyl groups excluding tert-OH is 1. The van der Waals surface area contributed by atoms with Crippen molar-refractivity contribution in [3.8, 4) is 0 Å². The highest BCUT2D eigenvalue weighted by Gasteiger charge is 2.24. The highest BCUT2D eigenvalue weighted by atomic mass is 16.5. The fourth-order valence-corrected chi connectivity index (χ4v) is 2.64. The van der Waals surface area contributed by atoms with Crippen molar-refractivity contribution >= 4 is 10.9 Å². The molecule has 2 heterocycles. The minimum Gasteiger partial charge on any atom is -0.388 e. The predicted octanol–water partition coefficient (Wildman–Crippen LogP) is 2.63. The summed E-state index contributed by atoms with van der Waals surface area (Å²) in [7, 11) is 0. The van der Waals surface area contributed by atoms with Crippen LogP contribution >= 0.6 is 0 Å². The number of hydrogen-bond acceptors (Lipinski definition) is 2. The Hall–Kier alpha value is -1.32. The molecule has 0 radical (unpaired) electrons. The number of hydrogen-bond donors (Lipinski definition) is 2. The van der Waals surface area contributed by atoms with E-state index in [0.29, 0.717) is 6.61 Å². The molecule has 2 atom stereocenters. The lowest BCUT2D eigenvalue weighted by molar-refractivity contribution is -0.00942. The van der Waals surface area contributed by atoms with E-state index in [1.165, 1.54) is 0 Å². The lowest BCUT2D eigenvalue weighted by Crippen LogP contribution is -2.23. The Morgan fingerprint density at radius 3 is 3.12 bits per heavy atom. The maximum Gasteiger partial charge on any atom is 0.0846 e. The molecule has 1 aliphatic heterocycles. The molecule has 3 nitrogen and oxygen atoms in total. The summed E-state index contributed by atoms with van der Waals surface area (Å²) in [5, 5.41) is 11.6. The first kappa shape index (κ1) is 10.8. The average molecular weight is 231 g/mol. The summed E-state index contributed by atoms with van der Waals surface area (Å²) in [5.74, 6) is 0.226. The second kappa shape index (κ2) is 4.51. The van der Waals surface area contributed by atoms with Gasteiger partial charge in [-0.15, -0.1) is 0 Å². The Balaban J connectivity index is 1.94. The number of aromatic amines is 1. The Kier molecular flexibility index (Phi) is 2.87. The smallest absolute Gasteiger partial charge is 0.0846 e. The molecule has 1 aromatic heterocycles. The van der Waals surface area contributed by atoms with Crippen molar-refractivity contribution < 1.29 is 9.84 Å². The molecule has 0 aliphatic carbocycles. The molecule has 2 aromatic rings. The van der Waals surface area contributed by atoms with Crippen LogP contribution in [0.5, 0.6) is 0 Å². The highest BCUT2D eigenvalue weighted by Crippen LogP contribution is 2.32. The van der Waals surface area contributed by atoms with Gasteiger partial charge in [-0.2, -0.15) is 0 Å². The summed E-state index contributed by atoms with van der Waals surface area (Å²) in [6.07, 6.45) is 3.58. The maximum atomic E-state index is 10.5. The van der Waals surface area contributed by atoms with Gasteiger partial charge in [0.1, 0.15) is 0 Å². The van der Waals surface area contributed by atoms with E-state index in [4.69, 9.17) is 4.74 Å². The van der Waals surface area contributed by atoms with E-state index in [1.807, 2.05) is 30.5 Å². The number of nitrogens with one attached hydrogen (secondary N) is 1. The van der Waals surface area contributed by atoms with Gasteiger partial charge in [-0.3, -0.25) is 0 Å². The van der Waals surface area contributed by atoms with Gasteiger partial charge in [0.05, 0.1) is 12.7 Å². The van der Waals surface area contributed by atoms with Crippen LogP contribution in [0.15, 0.2) is 30.5 Å². The van der Waals surface area contributed by atoms with E-state index in [-0.39, 0.29) is 5.92 Å². The van der Waals surface area contributed by atoms with E-state index < -0.39 is 6.10 Å². The Morgan fingerprint density at radius 1 is 1.35 bits per heavy atom. The third-order valence-corrected chi connectivity index (χ3v) is 3.59. The zero-order valence-corrected chi connectivity index (χ0v) is 9.73. The Labute approximate surface area is 100 Å². The minimum absolute atomic E-state index is 0.226. The predicted molar refractivity (Wildman–Crippen MR) is 66.8 cm³/mol. The van der Waals surface area contributed by atoms with Crippen LogP contribution in [-0.4, -0.2) is 23.3 Å². The standard InChI is InChI=1S/C14H17NO2/c16-14(10-3-2-8-17-9-10)12-4-1-5-13-11(12)6-7-15-13/h1,4-7,10,14-16H,2-3,8-9H2. The third-order valence-electron chi connectivity index (χ3n) is 3.59. The molecule has 3 rings (SSSR count). The van der Waals surface area contributed by atoms with Gasteiger partial charge in [0.15, 0.2) is 0 Å². The third kappa shape index (κ3) is 1.96. The molecule has 1 aliphatic rings. The quantitative estimate of drug-likeness (QED) is 0.834. The summed E-state index contributed by atoms with van der Waals surface area (Å²) >= 11 is 0. The van der Waals surface area contributed by atoms with Crippen molar-refractivity contribution in [3.05, 3.63) is 36.0 Å². The van der Waals surface area contributed by atoms with Crippen molar-refractivity contribution in [2.45, 2.75) is 18.9 Å². The first-order valence-electron chi connectivity index (χ1n) is 6.18.